The predicted octanol–water partition coefficient (Wildman–Crippen LogP) is 1.64. The fourth-order valence-corrected chi connectivity index (χ4v) is 2.97. The number of imide groups is 1. The maximum Gasteiger partial charge on any atom is 0.325 e. The fourth-order valence-electron chi connectivity index (χ4n) is 2.97. The molecule has 118 valence electrons. The van der Waals surface area contributed by atoms with Crippen LogP contribution in [0.4, 0.5) is 4.79 Å². The highest BCUT2D eigenvalue weighted by Gasteiger charge is 2.49. The zero-order valence-electron chi connectivity index (χ0n) is 12.8. The molecule has 0 bridgehead atoms. The summed E-state index contributed by atoms with van der Waals surface area (Å²) in [7, 11) is 1.59. The second kappa shape index (κ2) is 5.61. The first-order valence-corrected chi connectivity index (χ1v) is 7.45. The molecular weight excluding hydrogens is 284 g/mol. The number of benzene rings is 1. The first-order valence-electron chi connectivity index (χ1n) is 7.45. The monoisotopic (exact) mass is 304 g/mol. The lowest BCUT2D eigenvalue weighted by Gasteiger charge is -2.23. The van der Waals surface area contributed by atoms with Gasteiger partial charge in [0.15, 0.2) is 0 Å². The lowest BCUT2D eigenvalue weighted by Crippen LogP contribution is -2.41. The number of rotatable bonds is 4. The number of nitrogens with one attached hydrogen (secondary N) is 1. The summed E-state index contributed by atoms with van der Waals surface area (Å²) in [5, 5.41) is 2.80. The van der Waals surface area contributed by atoms with Crippen LogP contribution in [0.1, 0.15) is 25.3 Å². The molecule has 0 radical (unpaired) electrons. The van der Waals surface area contributed by atoms with Gasteiger partial charge in [0.25, 0.3) is 5.91 Å². The minimum absolute atomic E-state index is 0.0482. The molecule has 6 nitrogen and oxygen atoms in total. The van der Waals surface area contributed by atoms with Crippen LogP contribution in [0.15, 0.2) is 24.3 Å². The van der Waals surface area contributed by atoms with Crippen LogP contribution >= 0.6 is 0 Å². The molecular formula is C16H20N2O4. The molecule has 1 aromatic rings. The molecule has 0 saturated carbocycles. The van der Waals surface area contributed by atoms with E-state index in [0.29, 0.717) is 18.9 Å². The Kier molecular flexibility index (Phi) is 3.78. The van der Waals surface area contributed by atoms with Crippen molar-refractivity contribution in [2.24, 2.45) is 0 Å². The second-order valence-electron chi connectivity index (χ2n) is 5.83. The second-order valence-corrected chi connectivity index (χ2v) is 5.83. The van der Waals surface area contributed by atoms with E-state index in [1.807, 2.05) is 0 Å². The Morgan fingerprint density at radius 3 is 2.68 bits per heavy atom. The number of hydrogen-bond acceptors (Lipinski definition) is 4. The Hall–Kier alpha value is -2.08. The van der Waals surface area contributed by atoms with Gasteiger partial charge in [0.05, 0.1) is 19.8 Å². The van der Waals surface area contributed by atoms with Gasteiger partial charge in [-0.3, -0.25) is 9.69 Å². The van der Waals surface area contributed by atoms with Crippen molar-refractivity contribution in [1.82, 2.24) is 10.2 Å². The van der Waals surface area contributed by atoms with Crippen molar-refractivity contribution in [1.29, 1.82) is 0 Å². The quantitative estimate of drug-likeness (QED) is 0.859. The number of hydrogen-bond donors (Lipinski definition) is 1. The molecule has 22 heavy (non-hydrogen) atoms. The van der Waals surface area contributed by atoms with Crippen LogP contribution < -0.4 is 10.1 Å². The first kappa shape index (κ1) is 14.8. The smallest absolute Gasteiger partial charge is 0.325 e. The maximum atomic E-state index is 12.7. The summed E-state index contributed by atoms with van der Waals surface area (Å²) in [4.78, 5) is 26.2. The van der Waals surface area contributed by atoms with Gasteiger partial charge in [-0.25, -0.2) is 4.79 Å². The molecule has 3 rings (SSSR count). The van der Waals surface area contributed by atoms with E-state index in [-0.39, 0.29) is 18.0 Å². The van der Waals surface area contributed by atoms with Gasteiger partial charge in [0, 0.05) is 6.61 Å². The van der Waals surface area contributed by atoms with Crippen molar-refractivity contribution in [2.75, 3.05) is 20.3 Å². The molecule has 3 amide bonds. The van der Waals surface area contributed by atoms with Crippen LogP contribution in [0.5, 0.6) is 5.75 Å². The number of amides is 3. The molecule has 0 unspecified atom stereocenters. The van der Waals surface area contributed by atoms with E-state index in [4.69, 9.17) is 9.47 Å². The molecule has 2 saturated heterocycles. The van der Waals surface area contributed by atoms with Crippen LogP contribution in [0.3, 0.4) is 0 Å². The number of carbonyl (C=O) groups is 2. The minimum atomic E-state index is -1.04. The van der Waals surface area contributed by atoms with Crippen molar-refractivity contribution in [3.05, 3.63) is 29.8 Å². The van der Waals surface area contributed by atoms with Crippen molar-refractivity contribution in [2.45, 2.75) is 31.4 Å². The topological polar surface area (TPSA) is 67.9 Å². The summed E-state index contributed by atoms with van der Waals surface area (Å²) in [6.07, 6.45) is 1.81. The average molecular weight is 304 g/mol. The molecule has 2 fully saturated rings. The highest BCUT2D eigenvalue weighted by molar-refractivity contribution is 6.07. The molecule has 2 aliphatic heterocycles. The number of urea groups is 1. The van der Waals surface area contributed by atoms with Crippen molar-refractivity contribution in [3.8, 4) is 5.75 Å². The van der Waals surface area contributed by atoms with E-state index in [1.165, 1.54) is 4.90 Å². The van der Waals surface area contributed by atoms with Gasteiger partial charge in [0.2, 0.25) is 0 Å². The van der Waals surface area contributed by atoms with Crippen LogP contribution in [0.25, 0.3) is 0 Å². The van der Waals surface area contributed by atoms with E-state index < -0.39 is 5.54 Å². The summed E-state index contributed by atoms with van der Waals surface area (Å²) < 4.78 is 10.6. The Morgan fingerprint density at radius 1 is 1.36 bits per heavy atom. The van der Waals surface area contributed by atoms with Crippen molar-refractivity contribution in [3.63, 3.8) is 0 Å². The van der Waals surface area contributed by atoms with Gasteiger partial charge in [-0.2, -0.15) is 0 Å². The molecule has 0 aromatic heterocycles. The standard InChI is InChI=1S/C16H20N2O4/c1-16(11-5-7-12(21-2)8-6-11)14(19)18(15(20)17-16)10-13-4-3-9-22-13/h5-8,13H,3-4,9-10H2,1-2H3,(H,17,20)/t13-,16-/m1/s1. The van der Waals surface area contributed by atoms with E-state index in [1.54, 1.807) is 38.3 Å². The first-order chi connectivity index (χ1) is 10.5. The third kappa shape index (κ3) is 2.43. The average Bonchev–Trinajstić information content (AvgIpc) is 3.11. The Balaban J connectivity index is 1.81. The van der Waals surface area contributed by atoms with E-state index >= 15 is 0 Å². The third-order valence-electron chi connectivity index (χ3n) is 4.35. The summed E-state index contributed by atoms with van der Waals surface area (Å²) >= 11 is 0. The number of nitrogens with zero attached hydrogens (tertiary/aromatic N) is 1. The minimum Gasteiger partial charge on any atom is -0.497 e. The molecule has 0 aliphatic carbocycles. The largest absolute Gasteiger partial charge is 0.497 e. The van der Waals surface area contributed by atoms with Crippen LogP contribution in [-0.4, -0.2) is 43.2 Å². The highest BCUT2D eigenvalue weighted by Crippen LogP contribution is 2.30. The predicted molar refractivity (Wildman–Crippen MR) is 79.6 cm³/mol. The summed E-state index contributed by atoms with van der Waals surface area (Å²) in [6, 6.07) is 6.80. The van der Waals surface area contributed by atoms with Gasteiger partial charge in [-0.05, 0) is 37.5 Å². The van der Waals surface area contributed by atoms with Gasteiger partial charge in [0.1, 0.15) is 11.3 Å². The fraction of sp³-hybridized carbons (Fsp3) is 0.500. The lowest BCUT2D eigenvalue weighted by atomic mass is 9.92. The van der Waals surface area contributed by atoms with E-state index in [0.717, 1.165) is 18.4 Å². The normalized spacial score (nSPS) is 28.1. The lowest BCUT2D eigenvalue weighted by molar-refractivity contribution is -0.132. The Labute approximate surface area is 129 Å². The zero-order valence-corrected chi connectivity index (χ0v) is 12.8. The van der Waals surface area contributed by atoms with Crippen LogP contribution in [-0.2, 0) is 15.1 Å². The van der Waals surface area contributed by atoms with Gasteiger partial charge in [-0.1, -0.05) is 12.1 Å². The molecule has 2 heterocycles. The molecule has 0 spiro atoms. The SMILES string of the molecule is COc1ccc([C@@]2(C)NC(=O)N(C[C@H]3CCCO3)C2=O)cc1. The molecule has 1 aromatic carbocycles. The molecule has 6 heteroatoms. The molecule has 2 aliphatic rings. The number of carbonyl (C=O) groups excluding carboxylic acids is 2. The van der Waals surface area contributed by atoms with Crippen LogP contribution in [0.2, 0.25) is 0 Å². The van der Waals surface area contributed by atoms with Gasteiger partial charge < -0.3 is 14.8 Å². The third-order valence-corrected chi connectivity index (χ3v) is 4.35. The Bertz CT molecular complexity index is 580. The van der Waals surface area contributed by atoms with Crippen LogP contribution in [0, 0.1) is 0 Å². The molecule has 2 atom stereocenters. The zero-order chi connectivity index (χ0) is 15.7. The van der Waals surface area contributed by atoms with Crippen molar-refractivity contribution < 1.29 is 19.1 Å². The number of ether oxygens (including phenoxy) is 2. The van der Waals surface area contributed by atoms with Crippen molar-refractivity contribution >= 4 is 11.9 Å². The summed E-state index contributed by atoms with van der Waals surface area (Å²) in [5.41, 5.74) is -0.302. The molecule has 1 N–H and O–H groups in total. The number of methoxy groups -OCH3 is 1. The highest BCUT2D eigenvalue weighted by atomic mass is 16.5. The van der Waals surface area contributed by atoms with Gasteiger partial charge >= 0.3 is 6.03 Å². The van der Waals surface area contributed by atoms with E-state index in [9.17, 15) is 9.59 Å². The maximum absolute atomic E-state index is 12.7. The summed E-state index contributed by atoms with van der Waals surface area (Å²) in [5.74, 6) is 0.471. The van der Waals surface area contributed by atoms with Gasteiger partial charge in [-0.15, -0.1) is 0 Å². The summed E-state index contributed by atoms with van der Waals surface area (Å²) in [6.45, 7) is 2.74. The Morgan fingerprint density at radius 2 is 2.09 bits per heavy atom. The van der Waals surface area contributed by atoms with E-state index in [2.05, 4.69) is 5.32 Å².